The fourth-order valence-electron chi connectivity index (χ4n) is 1.49. The fourth-order valence-corrected chi connectivity index (χ4v) is 2.44. The van der Waals surface area contributed by atoms with E-state index in [1.165, 1.54) is 17.8 Å². The van der Waals surface area contributed by atoms with Crippen LogP contribution in [-0.4, -0.2) is 17.7 Å². The van der Waals surface area contributed by atoms with Crippen LogP contribution in [0.25, 0.3) is 0 Å². The Morgan fingerprint density at radius 3 is 2.52 bits per heavy atom. The molecule has 1 aromatic heterocycles. The quantitative estimate of drug-likeness (QED) is 0.789. The predicted octanol–water partition coefficient (Wildman–Crippen LogP) is 1.08. The molecule has 0 aliphatic carbocycles. The fraction of sp³-hybridized carbons (Fsp3) is 0.429. The standard InChI is InChI=1S/C14H17N5OS/c1-8(2)7-18-13(20)9(3)21-14-11(6-16)4-10(5-15)12(17)19-14/h4,8-9H,7H2,1-3H3,(H2,17,19)(H,18,20)/p+1/t9-/m0/s1. The molecule has 6 nitrogen and oxygen atoms in total. The van der Waals surface area contributed by atoms with Crippen molar-refractivity contribution >= 4 is 23.5 Å². The van der Waals surface area contributed by atoms with Crippen LogP contribution >= 0.6 is 11.8 Å². The first-order valence-corrected chi connectivity index (χ1v) is 7.37. The number of pyridine rings is 1. The number of anilines is 1. The zero-order valence-electron chi connectivity index (χ0n) is 12.2. The third-order valence-corrected chi connectivity index (χ3v) is 3.79. The Kier molecular flexibility index (Phi) is 6.01. The van der Waals surface area contributed by atoms with Gasteiger partial charge < -0.3 is 5.32 Å². The third kappa shape index (κ3) is 4.66. The topological polar surface area (TPSA) is 117 Å². The summed E-state index contributed by atoms with van der Waals surface area (Å²) in [4.78, 5) is 14.8. The number of aromatic amines is 1. The number of thioether (sulfide) groups is 1. The number of rotatable bonds is 5. The van der Waals surface area contributed by atoms with Gasteiger partial charge >= 0.3 is 0 Å². The molecule has 1 rings (SSSR count). The van der Waals surface area contributed by atoms with Crippen LogP contribution in [0.15, 0.2) is 11.1 Å². The Morgan fingerprint density at radius 2 is 2.00 bits per heavy atom. The Balaban J connectivity index is 2.88. The van der Waals surface area contributed by atoms with Gasteiger partial charge in [-0.2, -0.15) is 10.5 Å². The van der Waals surface area contributed by atoms with Gasteiger partial charge in [0.1, 0.15) is 23.3 Å². The highest BCUT2D eigenvalue weighted by Gasteiger charge is 2.21. The van der Waals surface area contributed by atoms with Gasteiger partial charge in [0, 0.05) is 6.54 Å². The molecule has 0 saturated heterocycles. The van der Waals surface area contributed by atoms with Gasteiger partial charge in [-0.3, -0.25) is 10.5 Å². The SMILES string of the molecule is CC(C)CNC(=O)[C@H](C)Sc1[nH+]c(N)c(C#N)cc1C#N. The lowest BCUT2D eigenvalue weighted by Gasteiger charge is -2.12. The molecule has 0 spiro atoms. The summed E-state index contributed by atoms with van der Waals surface area (Å²) in [6, 6.07) is 5.34. The van der Waals surface area contributed by atoms with Crippen LogP contribution in [0.2, 0.25) is 0 Å². The van der Waals surface area contributed by atoms with Gasteiger partial charge in [0.05, 0.1) is 5.25 Å². The van der Waals surface area contributed by atoms with Crippen molar-refractivity contribution in [2.24, 2.45) is 5.92 Å². The highest BCUT2D eigenvalue weighted by Crippen LogP contribution is 2.24. The van der Waals surface area contributed by atoms with Gasteiger partial charge in [0.2, 0.25) is 5.91 Å². The summed E-state index contributed by atoms with van der Waals surface area (Å²) >= 11 is 1.21. The average molecular weight is 304 g/mol. The molecule has 1 atom stereocenters. The number of H-pyrrole nitrogens is 1. The molecule has 7 heteroatoms. The maximum atomic E-state index is 11.9. The van der Waals surface area contributed by atoms with Crippen LogP contribution in [0, 0.1) is 28.6 Å². The monoisotopic (exact) mass is 304 g/mol. The third-order valence-electron chi connectivity index (χ3n) is 2.66. The zero-order chi connectivity index (χ0) is 16.0. The van der Waals surface area contributed by atoms with Gasteiger partial charge in [-0.25, -0.2) is 4.98 Å². The molecule has 4 N–H and O–H groups in total. The minimum absolute atomic E-state index is 0.103. The summed E-state index contributed by atoms with van der Waals surface area (Å²) in [5, 5.41) is 21.0. The van der Waals surface area contributed by atoms with Crippen LogP contribution in [0.4, 0.5) is 5.82 Å². The van der Waals surface area contributed by atoms with Crippen molar-refractivity contribution in [2.75, 3.05) is 12.3 Å². The van der Waals surface area contributed by atoms with E-state index in [9.17, 15) is 4.79 Å². The largest absolute Gasteiger partial charge is 0.355 e. The van der Waals surface area contributed by atoms with Crippen molar-refractivity contribution in [2.45, 2.75) is 31.0 Å². The van der Waals surface area contributed by atoms with Crippen LogP contribution in [0.5, 0.6) is 0 Å². The van der Waals surface area contributed by atoms with Gasteiger partial charge in [-0.15, -0.1) is 0 Å². The average Bonchev–Trinajstić information content (AvgIpc) is 2.44. The summed E-state index contributed by atoms with van der Waals surface area (Å²) in [5.41, 5.74) is 6.22. The molecule has 0 aliphatic rings. The molecule has 0 radical (unpaired) electrons. The number of aromatic nitrogens is 1. The number of nitrogen functional groups attached to an aromatic ring is 1. The molecule has 0 unspecified atom stereocenters. The number of nitrogens with two attached hydrogens (primary N) is 1. The van der Waals surface area contributed by atoms with Gasteiger partial charge in [-0.05, 0) is 18.9 Å². The Morgan fingerprint density at radius 1 is 1.38 bits per heavy atom. The Hall–Kier alpha value is -2.25. The summed E-state index contributed by atoms with van der Waals surface area (Å²) < 4.78 is 0. The first-order valence-electron chi connectivity index (χ1n) is 6.49. The van der Waals surface area contributed by atoms with E-state index in [-0.39, 0.29) is 22.5 Å². The number of nitrogens with one attached hydrogen (secondary N) is 2. The summed E-state index contributed by atoms with van der Waals surface area (Å²) in [7, 11) is 0. The highest BCUT2D eigenvalue weighted by molar-refractivity contribution is 8.00. The molecule has 1 amide bonds. The number of nitriles is 2. The Bertz CT molecular complexity index is 615. The van der Waals surface area contributed by atoms with E-state index < -0.39 is 0 Å². The first kappa shape index (κ1) is 16.8. The normalized spacial score (nSPS) is 11.5. The van der Waals surface area contributed by atoms with E-state index in [0.717, 1.165) is 0 Å². The molecule has 0 aromatic carbocycles. The maximum absolute atomic E-state index is 11.9. The molecule has 0 saturated carbocycles. The molecule has 21 heavy (non-hydrogen) atoms. The van der Waals surface area contributed by atoms with Gasteiger partial charge in [0.25, 0.3) is 5.82 Å². The molecular weight excluding hydrogens is 286 g/mol. The van der Waals surface area contributed by atoms with E-state index in [0.29, 0.717) is 23.1 Å². The smallest absolute Gasteiger partial charge is 0.289 e. The lowest BCUT2D eigenvalue weighted by atomic mass is 10.2. The van der Waals surface area contributed by atoms with Gasteiger partial charge in [-0.1, -0.05) is 25.6 Å². The van der Waals surface area contributed by atoms with Crippen molar-refractivity contribution in [3.63, 3.8) is 0 Å². The highest BCUT2D eigenvalue weighted by atomic mass is 32.2. The summed E-state index contributed by atoms with van der Waals surface area (Å²) in [6.45, 7) is 6.39. The number of hydrogen-bond acceptors (Lipinski definition) is 5. The second kappa shape index (κ2) is 7.51. The van der Waals surface area contributed by atoms with Crippen LogP contribution in [-0.2, 0) is 4.79 Å². The summed E-state index contributed by atoms with van der Waals surface area (Å²) in [5.74, 6) is 0.459. The van der Waals surface area contributed by atoms with Crippen LogP contribution in [0.3, 0.4) is 0 Å². The second-order valence-corrected chi connectivity index (χ2v) is 6.31. The predicted molar refractivity (Wildman–Crippen MR) is 80.0 cm³/mol. The molecule has 1 aromatic rings. The van der Waals surface area contributed by atoms with Crippen LogP contribution < -0.4 is 16.0 Å². The van der Waals surface area contributed by atoms with E-state index in [4.69, 9.17) is 16.3 Å². The van der Waals surface area contributed by atoms with Crippen molar-refractivity contribution < 1.29 is 9.78 Å². The van der Waals surface area contributed by atoms with Crippen LogP contribution in [0.1, 0.15) is 31.9 Å². The van der Waals surface area contributed by atoms with Crippen molar-refractivity contribution in [1.82, 2.24) is 5.32 Å². The first-order chi connectivity index (χ1) is 9.88. The lowest BCUT2D eigenvalue weighted by molar-refractivity contribution is -0.410. The number of nitrogens with zero attached hydrogens (tertiary/aromatic N) is 2. The van der Waals surface area contributed by atoms with Crippen molar-refractivity contribution in [1.29, 1.82) is 10.5 Å². The maximum Gasteiger partial charge on any atom is 0.289 e. The van der Waals surface area contributed by atoms with E-state index >= 15 is 0 Å². The van der Waals surface area contributed by atoms with Crippen molar-refractivity contribution in [3.8, 4) is 12.1 Å². The molecular formula is C14H18N5OS+. The molecule has 0 fully saturated rings. The van der Waals surface area contributed by atoms with E-state index in [1.807, 2.05) is 26.0 Å². The Labute approximate surface area is 128 Å². The van der Waals surface area contributed by atoms with Crippen molar-refractivity contribution in [3.05, 3.63) is 17.2 Å². The number of carbonyl (C=O) groups excluding carboxylic acids is 1. The lowest BCUT2D eigenvalue weighted by Crippen LogP contribution is -2.34. The minimum Gasteiger partial charge on any atom is -0.355 e. The summed E-state index contributed by atoms with van der Waals surface area (Å²) in [6.07, 6.45) is 0. The number of hydrogen-bond donors (Lipinski definition) is 2. The van der Waals surface area contributed by atoms with E-state index in [2.05, 4.69) is 10.3 Å². The molecule has 0 bridgehead atoms. The number of amides is 1. The molecule has 1 heterocycles. The zero-order valence-corrected chi connectivity index (χ0v) is 13.0. The molecule has 0 aliphatic heterocycles. The number of carbonyl (C=O) groups is 1. The minimum atomic E-state index is -0.376. The van der Waals surface area contributed by atoms with Gasteiger partial charge in [0.15, 0.2) is 5.03 Å². The van der Waals surface area contributed by atoms with E-state index in [1.54, 1.807) is 6.92 Å². The second-order valence-electron chi connectivity index (χ2n) is 4.96. The molecule has 110 valence electrons.